The lowest BCUT2D eigenvalue weighted by Gasteiger charge is -2.09. The number of carbonyl (C=O) groups is 1. The van der Waals surface area contributed by atoms with Gasteiger partial charge in [0, 0.05) is 19.3 Å². The fourth-order valence-corrected chi connectivity index (χ4v) is 3.53. The molecule has 0 aliphatic rings. The maximum absolute atomic E-state index is 12.3. The van der Waals surface area contributed by atoms with Crippen LogP contribution in [0.4, 0.5) is 5.69 Å². The summed E-state index contributed by atoms with van der Waals surface area (Å²) in [6.07, 6.45) is 0. The number of nitrogens with zero attached hydrogens (tertiary/aromatic N) is 2. The molecule has 3 aromatic rings. The van der Waals surface area contributed by atoms with Gasteiger partial charge >= 0.3 is 0 Å². The number of hydrogen-bond donors (Lipinski definition) is 1. The monoisotopic (exact) mass is 385 g/mol. The molecule has 0 unspecified atom stereocenters. The summed E-state index contributed by atoms with van der Waals surface area (Å²) in [5.74, 6) is 0.995. The Hall–Kier alpha value is -2.51. The van der Waals surface area contributed by atoms with E-state index in [1.165, 1.54) is 11.8 Å². The van der Waals surface area contributed by atoms with Crippen molar-refractivity contribution in [3.05, 3.63) is 48.5 Å². The van der Waals surface area contributed by atoms with Gasteiger partial charge in [-0.1, -0.05) is 23.9 Å². The Labute approximate surface area is 162 Å². The number of imidazole rings is 1. The van der Waals surface area contributed by atoms with Gasteiger partial charge < -0.3 is 19.4 Å². The van der Waals surface area contributed by atoms with E-state index < -0.39 is 0 Å². The Kier molecular flexibility index (Phi) is 6.73. The van der Waals surface area contributed by atoms with Gasteiger partial charge in [0.05, 0.1) is 30.0 Å². The van der Waals surface area contributed by atoms with Crippen LogP contribution in [0.5, 0.6) is 5.75 Å². The lowest BCUT2D eigenvalue weighted by molar-refractivity contribution is -0.113. The second-order valence-corrected chi connectivity index (χ2v) is 6.76. The van der Waals surface area contributed by atoms with Crippen molar-refractivity contribution in [3.63, 3.8) is 0 Å². The highest BCUT2D eigenvalue weighted by atomic mass is 32.2. The Morgan fingerprint density at radius 2 is 1.96 bits per heavy atom. The summed E-state index contributed by atoms with van der Waals surface area (Å²) in [5.41, 5.74) is 2.71. The van der Waals surface area contributed by atoms with Crippen molar-refractivity contribution >= 4 is 34.4 Å². The summed E-state index contributed by atoms with van der Waals surface area (Å²) in [4.78, 5) is 17.0. The SMILES string of the molecule is CCOc1ccc(NC(=O)CSc2nc3ccccc3n2CCOC)cc1. The van der Waals surface area contributed by atoms with Crippen LogP contribution in [0, 0.1) is 0 Å². The maximum atomic E-state index is 12.3. The smallest absolute Gasteiger partial charge is 0.234 e. The number of anilines is 1. The van der Waals surface area contributed by atoms with Crippen LogP contribution >= 0.6 is 11.8 Å². The first kappa shape index (κ1) is 19.3. The van der Waals surface area contributed by atoms with E-state index in [-0.39, 0.29) is 11.7 Å². The number of ether oxygens (including phenoxy) is 2. The molecular formula is C20H23N3O3S. The number of carbonyl (C=O) groups excluding carboxylic acids is 1. The molecule has 1 heterocycles. The van der Waals surface area contributed by atoms with Gasteiger partial charge in [0.1, 0.15) is 5.75 Å². The number of methoxy groups -OCH3 is 1. The van der Waals surface area contributed by atoms with Crippen LogP contribution < -0.4 is 10.1 Å². The second-order valence-electron chi connectivity index (χ2n) is 5.82. The normalized spacial score (nSPS) is 10.9. The van der Waals surface area contributed by atoms with E-state index in [0.29, 0.717) is 19.8 Å². The van der Waals surface area contributed by atoms with Crippen LogP contribution in [0.3, 0.4) is 0 Å². The molecular weight excluding hydrogens is 362 g/mol. The van der Waals surface area contributed by atoms with Gasteiger partial charge in [-0.25, -0.2) is 4.98 Å². The van der Waals surface area contributed by atoms with E-state index in [1.807, 2.05) is 55.5 Å². The molecule has 27 heavy (non-hydrogen) atoms. The van der Waals surface area contributed by atoms with Gasteiger partial charge in [-0.15, -0.1) is 0 Å². The van der Waals surface area contributed by atoms with E-state index in [4.69, 9.17) is 9.47 Å². The zero-order valence-corrected chi connectivity index (χ0v) is 16.3. The number of hydrogen-bond acceptors (Lipinski definition) is 5. The number of fused-ring (bicyclic) bond motifs is 1. The molecule has 6 nitrogen and oxygen atoms in total. The first-order valence-electron chi connectivity index (χ1n) is 8.81. The third-order valence-corrected chi connectivity index (χ3v) is 4.90. The van der Waals surface area contributed by atoms with Crippen molar-refractivity contribution in [1.29, 1.82) is 0 Å². The van der Waals surface area contributed by atoms with E-state index in [9.17, 15) is 4.79 Å². The predicted molar refractivity (Wildman–Crippen MR) is 109 cm³/mol. The standard InChI is InChI=1S/C20H23N3O3S/c1-3-26-16-10-8-15(9-11-16)21-19(24)14-27-20-22-17-6-4-5-7-18(17)23(20)12-13-25-2/h4-11H,3,12-14H2,1-2H3,(H,21,24). The number of thioether (sulfide) groups is 1. The second kappa shape index (κ2) is 9.43. The number of nitrogens with one attached hydrogen (secondary N) is 1. The number of para-hydroxylation sites is 2. The average Bonchev–Trinajstić information content (AvgIpc) is 3.04. The van der Waals surface area contributed by atoms with Crippen molar-refractivity contribution in [2.24, 2.45) is 0 Å². The number of aromatic nitrogens is 2. The number of amides is 1. The molecule has 0 radical (unpaired) electrons. The Morgan fingerprint density at radius 1 is 1.19 bits per heavy atom. The Morgan fingerprint density at radius 3 is 2.70 bits per heavy atom. The molecule has 0 bridgehead atoms. The lowest BCUT2D eigenvalue weighted by Crippen LogP contribution is -2.15. The topological polar surface area (TPSA) is 65.4 Å². The van der Waals surface area contributed by atoms with Crippen LogP contribution in [0.2, 0.25) is 0 Å². The molecule has 0 aliphatic carbocycles. The van der Waals surface area contributed by atoms with Gasteiger partial charge in [0.15, 0.2) is 5.16 Å². The molecule has 1 aromatic heterocycles. The fraction of sp³-hybridized carbons (Fsp3) is 0.300. The highest BCUT2D eigenvalue weighted by Gasteiger charge is 2.13. The summed E-state index contributed by atoms with van der Waals surface area (Å²) in [7, 11) is 1.68. The zero-order valence-electron chi connectivity index (χ0n) is 15.5. The van der Waals surface area contributed by atoms with Gasteiger partial charge in [0.2, 0.25) is 5.91 Å². The number of benzene rings is 2. The van der Waals surface area contributed by atoms with Crippen molar-refractivity contribution in [2.45, 2.75) is 18.6 Å². The first-order chi connectivity index (χ1) is 13.2. The quantitative estimate of drug-likeness (QED) is 0.568. The molecule has 1 N–H and O–H groups in total. The molecule has 142 valence electrons. The van der Waals surface area contributed by atoms with Crippen molar-refractivity contribution in [2.75, 3.05) is 31.4 Å². The summed E-state index contributed by atoms with van der Waals surface area (Å²) in [6.45, 7) is 3.84. The average molecular weight is 385 g/mol. The molecule has 0 fully saturated rings. The summed E-state index contributed by atoms with van der Waals surface area (Å²) in [5, 5.41) is 3.72. The summed E-state index contributed by atoms with van der Waals surface area (Å²) < 4.78 is 12.7. The van der Waals surface area contributed by atoms with Gasteiger partial charge in [0.25, 0.3) is 0 Å². The van der Waals surface area contributed by atoms with Crippen LogP contribution in [-0.4, -0.2) is 41.5 Å². The third kappa shape index (κ3) is 5.02. The van der Waals surface area contributed by atoms with Crippen LogP contribution in [0.25, 0.3) is 11.0 Å². The van der Waals surface area contributed by atoms with Gasteiger partial charge in [-0.2, -0.15) is 0 Å². The van der Waals surface area contributed by atoms with E-state index in [2.05, 4.69) is 14.9 Å². The van der Waals surface area contributed by atoms with Gasteiger partial charge in [-0.3, -0.25) is 4.79 Å². The molecule has 7 heteroatoms. The zero-order chi connectivity index (χ0) is 19.1. The first-order valence-corrected chi connectivity index (χ1v) is 9.79. The maximum Gasteiger partial charge on any atom is 0.234 e. The minimum atomic E-state index is -0.0745. The fourth-order valence-electron chi connectivity index (χ4n) is 2.69. The Balaban J connectivity index is 1.64. The van der Waals surface area contributed by atoms with Crippen LogP contribution in [0.1, 0.15) is 6.92 Å². The minimum absolute atomic E-state index is 0.0745. The highest BCUT2D eigenvalue weighted by Crippen LogP contribution is 2.24. The predicted octanol–water partition coefficient (Wildman–Crippen LogP) is 3.81. The van der Waals surface area contributed by atoms with Crippen LogP contribution in [-0.2, 0) is 16.1 Å². The molecule has 0 atom stereocenters. The van der Waals surface area contributed by atoms with Crippen molar-refractivity contribution in [3.8, 4) is 5.75 Å². The highest BCUT2D eigenvalue weighted by molar-refractivity contribution is 7.99. The van der Waals surface area contributed by atoms with Crippen LogP contribution in [0.15, 0.2) is 53.7 Å². The molecule has 0 spiro atoms. The van der Waals surface area contributed by atoms with Crippen molar-refractivity contribution in [1.82, 2.24) is 9.55 Å². The van der Waals surface area contributed by atoms with Gasteiger partial charge in [-0.05, 0) is 43.3 Å². The third-order valence-electron chi connectivity index (χ3n) is 3.92. The Bertz CT molecular complexity index is 893. The molecule has 2 aromatic carbocycles. The largest absolute Gasteiger partial charge is 0.494 e. The summed E-state index contributed by atoms with van der Waals surface area (Å²) >= 11 is 1.42. The minimum Gasteiger partial charge on any atom is -0.494 e. The molecule has 0 aliphatic heterocycles. The molecule has 0 saturated heterocycles. The van der Waals surface area contributed by atoms with E-state index >= 15 is 0 Å². The number of rotatable bonds is 9. The van der Waals surface area contributed by atoms with Crippen molar-refractivity contribution < 1.29 is 14.3 Å². The summed E-state index contributed by atoms with van der Waals surface area (Å²) in [6, 6.07) is 15.3. The lowest BCUT2D eigenvalue weighted by atomic mass is 10.3. The van der Waals surface area contributed by atoms with E-state index in [0.717, 1.165) is 27.6 Å². The molecule has 1 amide bonds. The molecule has 0 saturated carbocycles. The van der Waals surface area contributed by atoms with E-state index in [1.54, 1.807) is 7.11 Å². The molecule has 3 rings (SSSR count).